The Hall–Kier alpha value is -1.71. The van der Waals surface area contributed by atoms with E-state index < -0.39 is 0 Å². The van der Waals surface area contributed by atoms with Crippen LogP contribution in [0.25, 0.3) is 0 Å². The molecule has 2 aliphatic carbocycles. The number of hydrogen-bond donors (Lipinski definition) is 0. The molecule has 1 heterocycles. The number of benzene rings is 1. The fourth-order valence-corrected chi connectivity index (χ4v) is 4.95. The number of anilines is 1. The largest absolute Gasteiger partial charge is 0.492 e. The van der Waals surface area contributed by atoms with Crippen LogP contribution in [0.3, 0.4) is 0 Å². The van der Waals surface area contributed by atoms with Crippen LogP contribution in [0.4, 0.5) is 5.69 Å². The summed E-state index contributed by atoms with van der Waals surface area (Å²) in [6, 6.07) is 8.23. The van der Waals surface area contributed by atoms with E-state index in [9.17, 15) is 4.79 Å². The number of amides is 1. The zero-order chi connectivity index (χ0) is 16.5. The Balaban J connectivity index is 1.38. The van der Waals surface area contributed by atoms with Crippen LogP contribution in [0.1, 0.15) is 32.6 Å². The van der Waals surface area contributed by atoms with Crippen molar-refractivity contribution in [1.82, 2.24) is 4.90 Å². The molecule has 4 rings (SSSR count). The summed E-state index contributed by atoms with van der Waals surface area (Å²) in [6.45, 7) is 6.18. The van der Waals surface area contributed by atoms with E-state index in [1.807, 2.05) is 19.1 Å². The second-order valence-electron chi connectivity index (χ2n) is 7.49. The van der Waals surface area contributed by atoms with Gasteiger partial charge in [-0.1, -0.05) is 18.6 Å². The van der Waals surface area contributed by atoms with E-state index in [0.717, 1.165) is 50.0 Å². The molecule has 1 aliphatic heterocycles. The molecule has 4 heteroatoms. The molecule has 1 aromatic rings. The Morgan fingerprint density at radius 2 is 1.92 bits per heavy atom. The van der Waals surface area contributed by atoms with E-state index in [4.69, 9.17) is 4.74 Å². The number of fused-ring (bicyclic) bond motifs is 2. The van der Waals surface area contributed by atoms with Crippen molar-refractivity contribution >= 4 is 11.6 Å². The molecular formula is C20H28N2O2. The second-order valence-corrected chi connectivity index (χ2v) is 7.49. The van der Waals surface area contributed by atoms with Gasteiger partial charge in [-0.05, 0) is 50.2 Å². The lowest BCUT2D eigenvalue weighted by Crippen LogP contribution is -2.51. The Morgan fingerprint density at radius 3 is 2.58 bits per heavy atom. The van der Waals surface area contributed by atoms with Crippen molar-refractivity contribution in [2.24, 2.45) is 17.8 Å². The van der Waals surface area contributed by atoms with E-state index in [2.05, 4.69) is 21.9 Å². The van der Waals surface area contributed by atoms with E-state index in [-0.39, 0.29) is 0 Å². The lowest BCUT2D eigenvalue weighted by atomic mass is 9.87. The van der Waals surface area contributed by atoms with Gasteiger partial charge in [0.15, 0.2) is 0 Å². The van der Waals surface area contributed by atoms with Crippen LogP contribution >= 0.6 is 0 Å². The molecule has 0 unspecified atom stereocenters. The van der Waals surface area contributed by atoms with Gasteiger partial charge in [-0.15, -0.1) is 0 Å². The first-order valence-electron chi connectivity index (χ1n) is 9.52. The van der Waals surface area contributed by atoms with Gasteiger partial charge < -0.3 is 14.5 Å². The lowest BCUT2D eigenvalue weighted by molar-refractivity contribution is -0.137. The van der Waals surface area contributed by atoms with Gasteiger partial charge in [0.25, 0.3) is 0 Å². The summed E-state index contributed by atoms with van der Waals surface area (Å²) in [5, 5.41) is 0. The third-order valence-corrected chi connectivity index (χ3v) is 6.15. The predicted octanol–water partition coefficient (Wildman–Crippen LogP) is 3.17. The second kappa shape index (κ2) is 6.66. The summed E-state index contributed by atoms with van der Waals surface area (Å²) in [7, 11) is 0. The van der Waals surface area contributed by atoms with Crippen molar-refractivity contribution in [1.29, 1.82) is 0 Å². The maximum absolute atomic E-state index is 12.9. The molecule has 4 nitrogen and oxygen atoms in total. The smallest absolute Gasteiger partial charge is 0.226 e. The molecule has 2 bridgehead atoms. The highest BCUT2D eigenvalue weighted by Crippen LogP contribution is 2.49. The molecule has 2 saturated carbocycles. The fraction of sp³-hybridized carbons (Fsp3) is 0.650. The summed E-state index contributed by atoms with van der Waals surface area (Å²) in [5.74, 6) is 3.22. The number of carbonyl (C=O) groups excluding carboxylic acids is 1. The average Bonchev–Trinajstić information content (AvgIpc) is 3.25. The molecule has 0 N–H and O–H groups in total. The number of nitrogens with zero attached hydrogens (tertiary/aromatic N) is 2. The van der Waals surface area contributed by atoms with E-state index >= 15 is 0 Å². The van der Waals surface area contributed by atoms with E-state index in [0.29, 0.717) is 24.3 Å². The first-order valence-corrected chi connectivity index (χ1v) is 9.52. The SMILES string of the molecule is CCOc1ccccc1N1CCN(C(=O)[C@@H]2C[C@@H]3CC[C@@H]2C3)CC1. The monoisotopic (exact) mass is 328 g/mol. The fourth-order valence-electron chi connectivity index (χ4n) is 4.95. The highest BCUT2D eigenvalue weighted by Gasteiger charge is 2.44. The standard InChI is InChI=1S/C20H28N2O2/c1-2-24-19-6-4-3-5-18(19)21-9-11-22(12-10-21)20(23)17-14-15-7-8-16(17)13-15/h3-6,15-17H,2,7-14H2,1H3/t15-,16-,17-/m1/s1. The Labute approximate surface area is 144 Å². The normalized spacial score (nSPS) is 29.1. The molecule has 1 amide bonds. The van der Waals surface area contributed by atoms with Crippen molar-refractivity contribution in [3.63, 3.8) is 0 Å². The van der Waals surface area contributed by atoms with Gasteiger partial charge >= 0.3 is 0 Å². The van der Waals surface area contributed by atoms with Gasteiger partial charge in [0.05, 0.1) is 12.3 Å². The molecule has 3 atom stereocenters. The summed E-state index contributed by atoms with van der Waals surface area (Å²) in [6.07, 6.45) is 5.09. The molecule has 1 aromatic carbocycles. The zero-order valence-corrected chi connectivity index (χ0v) is 14.6. The third-order valence-electron chi connectivity index (χ3n) is 6.15. The number of carbonyl (C=O) groups is 1. The van der Waals surface area contributed by atoms with E-state index in [1.165, 1.54) is 19.3 Å². The molecule has 24 heavy (non-hydrogen) atoms. The summed E-state index contributed by atoms with van der Waals surface area (Å²) < 4.78 is 5.76. The van der Waals surface area contributed by atoms with Crippen molar-refractivity contribution in [2.45, 2.75) is 32.6 Å². The Kier molecular flexibility index (Phi) is 4.38. The summed E-state index contributed by atoms with van der Waals surface area (Å²) in [5.41, 5.74) is 1.16. The number of piperazine rings is 1. The molecule has 130 valence electrons. The van der Waals surface area contributed by atoms with E-state index in [1.54, 1.807) is 0 Å². The molecule has 3 aliphatic rings. The van der Waals surface area contributed by atoms with Crippen LogP contribution in [0, 0.1) is 17.8 Å². The van der Waals surface area contributed by atoms with Crippen molar-refractivity contribution in [3.05, 3.63) is 24.3 Å². The lowest BCUT2D eigenvalue weighted by Gasteiger charge is -2.38. The van der Waals surface area contributed by atoms with Crippen LogP contribution in [0.2, 0.25) is 0 Å². The first-order chi connectivity index (χ1) is 11.8. The maximum Gasteiger partial charge on any atom is 0.226 e. The van der Waals surface area contributed by atoms with Crippen molar-refractivity contribution in [2.75, 3.05) is 37.7 Å². The van der Waals surface area contributed by atoms with Gasteiger partial charge in [0, 0.05) is 32.1 Å². The van der Waals surface area contributed by atoms with Crippen LogP contribution in [0.5, 0.6) is 5.75 Å². The summed E-state index contributed by atoms with van der Waals surface area (Å²) in [4.78, 5) is 17.4. The predicted molar refractivity (Wildman–Crippen MR) is 95.3 cm³/mol. The quantitative estimate of drug-likeness (QED) is 0.851. The Morgan fingerprint density at radius 1 is 1.12 bits per heavy atom. The van der Waals surface area contributed by atoms with Crippen LogP contribution in [0.15, 0.2) is 24.3 Å². The molecular weight excluding hydrogens is 300 g/mol. The maximum atomic E-state index is 12.9. The summed E-state index contributed by atoms with van der Waals surface area (Å²) >= 11 is 0. The van der Waals surface area contributed by atoms with Crippen LogP contribution < -0.4 is 9.64 Å². The van der Waals surface area contributed by atoms with Crippen LogP contribution in [-0.4, -0.2) is 43.6 Å². The average molecular weight is 328 g/mol. The zero-order valence-electron chi connectivity index (χ0n) is 14.6. The highest BCUT2D eigenvalue weighted by atomic mass is 16.5. The number of ether oxygens (including phenoxy) is 1. The minimum atomic E-state index is 0.325. The molecule has 1 saturated heterocycles. The minimum Gasteiger partial charge on any atom is -0.492 e. The van der Waals surface area contributed by atoms with Crippen molar-refractivity contribution < 1.29 is 9.53 Å². The van der Waals surface area contributed by atoms with Gasteiger partial charge in [0.1, 0.15) is 5.75 Å². The molecule has 0 aromatic heterocycles. The number of hydrogen-bond acceptors (Lipinski definition) is 3. The number of para-hydroxylation sites is 2. The van der Waals surface area contributed by atoms with Gasteiger partial charge in [-0.3, -0.25) is 4.79 Å². The first kappa shape index (κ1) is 15.8. The highest BCUT2D eigenvalue weighted by molar-refractivity contribution is 5.80. The van der Waals surface area contributed by atoms with Gasteiger partial charge in [0.2, 0.25) is 5.91 Å². The molecule has 0 radical (unpaired) electrons. The number of rotatable bonds is 4. The Bertz CT molecular complexity index is 595. The van der Waals surface area contributed by atoms with Crippen LogP contribution in [-0.2, 0) is 4.79 Å². The third kappa shape index (κ3) is 2.87. The molecule has 3 fully saturated rings. The molecule has 0 spiro atoms. The minimum absolute atomic E-state index is 0.325. The van der Waals surface area contributed by atoms with Crippen molar-refractivity contribution in [3.8, 4) is 5.75 Å². The van der Waals surface area contributed by atoms with Gasteiger partial charge in [-0.25, -0.2) is 0 Å². The topological polar surface area (TPSA) is 32.8 Å². The van der Waals surface area contributed by atoms with Gasteiger partial charge in [-0.2, -0.15) is 0 Å².